The van der Waals surface area contributed by atoms with Crippen molar-refractivity contribution in [2.24, 2.45) is 0 Å². The van der Waals surface area contributed by atoms with E-state index in [0.29, 0.717) is 5.56 Å². The van der Waals surface area contributed by atoms with E-state index in [1.54, 1.807) is 19.1 Å². The van der Waals surface area contributed by atoms with E-state index in [1.165, 1.54) is 12.1 Å². The van der Waals surface area contributed by atoms with Crippen molar-refractivity contribution < 1.29 is 40.6 Å². The highest BCUT2D eigenvalue weighted by Gasteiger charge is 2.31. The molecule has 0 amide bonds. The fourth-order valence-corrected chi connectivity index (χ4v) is 3.78. The first-order valence-electron chi connectivity index (χ1n) is 12.4. The molecule has 206 valence electrons. The first kappa shape index (κ1) is 29.2. The van der Waals surface area contributed by atoms with E-state index in [2.05, 4.69) is 6.92 Å². The fraction of sp³-hybridized carbons (Fsp3) is 0.379. The summed E-state index contributed by atoms with van der Waals surface area (Å²) < 4.78 is 101. The zero-order valence-corrected chi connectivity index (χ0v) is 21.3. The van der Waals surface area contributed by atoms with E-state index < -0.39 is 60.3 Å². The summed E-state index contributed by atoms with van der Waals surface area (Å²) in [6.07, 6.45) is 3.48. The van der Waals surface area contributed by atoms with E-state index in [1.807, 2.05) is 12.1 Å². The molecule has 0 fully saturated rings. The molecule has 3 nitrogen and oxygen atoms in total. The van der Waals surface area contributed by atoms with Crippen LogP contribution in [0.5, 0.6) is 17.2 Å². The molecule has 0 aliphatic carbocycles. The number of aryl methyl sites for hydroxylation is 1. The standard InChI is InChI=1S/C29H30F6O3/c1-3-5-6-7-19-8-10-20(11-9-19)16-29(34,35)18-38-24-15-14-23(27(32)28(24)33)37-17-21-12-13-22(36-4-2)26(31)25(21)30/h8-15H,3-7,16-18H2,1-2H3. The van der Waals surface area contributed by atoms with Crippen LogP contribution in [0.1, 0.15) is 49.8 Å². The van der Waals surface area contributed by atoms with Crippen molar-refractivity contribution in [2.75, 3.05) is 13.2 Å². The molecule has 3 aromatic rings. The van der Waals surface area contributed by atoms with Gasteiger partial charge in [-0.25, -0.2) is 13.2 Å². The molecule has 0 heterocycles. The van der Waals surface area contributed by atoms with E-state index in [0.717, 1.165) is 43.4 Å². The van der Waals surface area contributed by atoms with Gasteiger partial charge in [-0.3, -0.25) is 0 Å². The molecule has 0 saturated carbocycles. The molecule has 0 unspecified atom stereocenters. The lowest BCUT2D eigenvalue weighted by atomic mass is 10.0. The van der Waals surface area contributed by atoms with Gasteiger partial charge in [0, 0.05) is 12.0 Å². The normalized spacial score (nSPS) is 11.5. The number of halogens is 6. The predicted molar refractivity (Wildman–Crippen MR) is 132 cm³/mol. The van der Waals surface area contributed by atoms with Gasteiger partial charge in [-0.2, -0.15) is 13.2 Å². The Labute approximate surface area is 218 Å². The van der Waals surface area contributed by atoms with Gasteiger partial charge in [-0.1, -0.05) is 44.0 Å². The second-order valence-electron chi connectivity index (χ2n) is 8.86. The quantitative estimate of drug-likeness (QED) is 0.152. The largest absolute Gasteiger partial charge is 0.491 e. The Balaban J connectivity index is 1.58. The van der Waals surface area contributed by atoms with Gasteiger partial charge in [0.1, 0.15) is 6.61 Å². The lowest BCUT2D eigenvalue weighted by molar-refractivity contribution is -0.0410. The van der Waals surface area contributed by atoms with Crippen LogP contribution in [0.25, 0.3) is 0 Å². The van der Waals surface area contributed by atoms with Crippen LogP contribution in [0.2, 0.25) is 0 Å². The molecular weight excluding hydrogens is 510 g/mol. The first-order valence-corrected chi connectivity index (χ1v) is 12.4. The van der Waals surface area contributed by atoms with Gasteiger partial charge in [-0.15, -0.1) is 0 Å². The number of unbranched alkanes of at least 4 members (excludes halogenated alkanes) is 2. The fourth-order valence-electron chi connectivity index (χ4n) is 3.78. The molecular formula is C29H30F6O3. The lowest BCUT2D eigenvalue weighted by Gasteiger charge is -2.18. The Morgan fingerprint density at radius 1 is 0.632 bits per heavy atom. The highest BCUT2D eigenvalue weighted by molar-refractivity contribution is 5.36. The molecule has 0 aromatic heterocycles. The van der Waals surface area contributed by atoms with Crippen LogP contribution in [-0.2, 0) is 19.4 Å². The van der Waals surface area contributed by atoms with Crippen LogP contribution in [0.15, 0.2) is 48.5 Å². The van der Waals surface area contributed by atoms with Crippen molar-refractivity contribution in [1.29, 1.82) is 0 Å². The van der Waals surface area contributed by atoms with Gasteiger partial charge in [0.2, 0.25) is 17.5 Å². The van der Waals surface area contributed by atoms with Gasteiger partial charge in [0.15, 0.2) is 29.7 Å². The summed E-state index contributed by atoms with van der Waals surface area (Å²) in [5.74, 6) is -10.5. The number of benzene rings is 3. The third-order valence-corrected chi connectivity index (χ3v) is 5.81. The minimum absolute atomic E-state index is 0.128. The summed E-state index contributed by atoms with van der Waals surface area (Å²) in [6, 6.07) is 11.2. The molecule has 0 spiro atoms. The first-order chi connectivity index (χ1) is 18.1. The van der Waals surface area contributed by atoms with E-state index in [-0.39, 0.29) is 17.9 Å². The van der Waals surface area contributed by atoms with Crippen molar-refractivity contribution in [1.82, 2.24) is 0 Å². The molecule has 0 N–H and O–H groups in total. The monoisotopic (exact) mass is 540 g/mol. The van der Waals surface area contributed by atoms with E-state index in [9.17, 15) is 26.3 Å². The molecule has 0 atom stereocenters. The smallest absolute Gasteiger partial charge is 0.285 e. The Morgan fingerprint density at radius 3 is 1.82 bits per heavy atom. The number of hydrogen-bond acceptors (Lipinski definition) is 3. The highest BCUT2D eigenvalue weighted by atomic mass is 19.3. The van der Waals surface area contributed by atoms with Crippen molar-refractivity contribution in [3.63, 3.8) is 0 Å². The maximum Gasteiger partial charge on any atom is 0.285 e. The van der Waals surface area contributed by atoms with Crippen molar-refractivity contribution in [2.45, 2.75) is 58.5 Å². The van der Waals surface area contributed by atoms with Crippen molar-refractivity contribution in [3.8, 4) is 17.2 Å². The third-order valence-electron chi connectivity index (χ3n) is 5.81. The molecule has 3 aromatic carbocycles. The number of alkyl halides is 2. The molecule has 0 aliphatic heterocycles. The van der Waals surface area contributed by atoms with Crippen LogP contribution in [0.4, 0.5) is 26.3 Å². The zero-order valence-electron chi connectivity index (χ0n) is 21.3. The van der Waals surface area contributed by atoms with E-state index in [4.69, 9.17) is 14.2 Å². The third kappa shape index (κ3) is 7.82. The maximum absolute atomic E-state index is 14.5. The Kier molecular flexibility index (Phi) is 10.3. The van der Waals surface area contributed by atoms with Crippen LogP contribution < -0.4 is 14.2 Å². The number of ether oxygens (including phenoxy) is 3. The second kappa shape index (κ2) is 13.4. The van der Waals surface area contributed by atoms with Crippen molar-refractivity contribution in [3.05, 3.63) is 88.5 Å². The summed E-state index contributed by atoms with van der Waals surface area (Å²) in [5.41, 5.74) is 1.21. The van der Waals surface area contributed by atoms with Crippen molar-refractivity contribution >= 4 is 0 Å². The second-order valence-corrected chi connectivity index (χ2v) is 8.86. The zero-order chi connectivity index (χ0) is 27.7. The maximum atomic E-state index is 14.5. The van der Waals surface area contributed by atoms with Gasteiger partial charge in [0.05, 0.1) is 6.61 Å². The average Bonchev–Trinajstić information content (AvgIpc) is 2.89. The van der Waals surface area contributed by atoms with E-state index >= 15 is 0 Å². The summed E-state index contributed by atoms with van der Waals surface area (Å²) in [4.78, 5) is 0. The summed E-state index contributed by atoms with van der Waals surface area (Å²) in [7, 11) is 0. The van der Waals surface area contributed by atoms with Crippen LogP contribution >= 0.6 is 0 Å². The topological polar surface area (TPSA) is 27.7 Å². The summed E-state index contributed by atoms with van der Waals surface area (Å²) in [6.45, 7) is 2.06. The minimum Gasteiger partial charge on any atom is -0.491 e. The molecule has 3 rings (SSSR count). The lowest BCUT2D eigenvalue weighted by Crippen LogP contribution is -2.28. The van der Waals surface area contributed by atoms with Gasteiger partial charge < -0.3 is 14.2 Å². The Morgan fingerprint density at radius 2 is 1.18 bits per heavy atom. The molecule has 0 radical (unpaired) electrons. The van der Waals surface area contributed by atoms with Crippen LogP contribution in [-0.4, -0.2) is 19.1 Å². The summed E-state index contributed by atoms with van der Waals surface area (Å²) in [5, 5.41) is 0. The number of hydrogen-bond donors (Lipinski definition) is 0. The highest BCUT2D eigenvalue weighted by Crippen LogP contribution is 2.31. The molecule has 9 heteroatoms. The van der Waals surface area contributed by atoms with Gasteiger partial charge in [0.25, 0.3) is 5.92 Å². The molecule has 0 aliphatic rings. The summed E-state index contributed by atoms with van der Waals surface area (Å²) >= 11 is 0. The average molecular weight is 541 g/mol. The Bertz CT molecular complexity index is 1200. The van der Waals surface area contributed by atoms with Gasteiger partial charge in [-0.05, 0) is 55.2 Å². The molecule has 38 heavy (non-hydrogen) atoms. The van der Waals surface area contributed by atoms with Crippen LogP contribution in [0.3, 0.4) is 0 Å². The predicted octanol–water partition coefficient (Wildman–Crippen LogP) is 8.21. The Hall–Kier alpha value is -3.36. The van der Waals surface area contributed by atoms with Gasteiger partial charge >= 0.3 is 0 Å². The molecule has 0 saturated heterocycles. The molecule has 0 bridgehead atoms. The van der Waals surface area contributed by atoms with Crippen LogP contribution in [0, 0.1) is 23.3 Å². The minimum atomic E-state index is -3.34. The number of rotatable bonds is 14. The SMILES string of the molecule is CCCCCc1ccc(CC(F)(F)COc2ccc(OCc3ccc(OCC)c(F)c3F)c(F)c2F)cc1.